The summed E-state index contributed by atoms with van der Waals surface area (Å²) in [6, 6.07) is 0. The third-order valence-corrected chi connectivity index (χ3v) is 1.98. The molecule has 0 fully saturated rings. The summed E-state index contributed by atoms with van der Waals surface area (Å²) in [5.41, 5.74) is 0. The first kappa shape index (κ1) is 12.8. The van der Waals surface area contributed by atoms with Gasteiger partial charge in [0.1, 0.15) is 6.29 Å². The average Bonchev–Trinajstić information content (AvgIpc) is 2.12. The molecule has 0 rings (SSSR count). The van der Waals surface area contributed by atoms with E-state index >= 15 is 0 Å². The molecule has 0 saturated carbocycles. The fraction of sp³-hybridized carbons (Fsp3) is 0.700. The summed E-state index contributed by atoms with van der Waals surface area (Å²) in [5, 5.41) is 10.2. The van der Waals surface area contributed by atoms with Gasteiger partial charge in [-0.3, -0.25) is 10.1 Å². The molecule has 0 spiro atoms. The highest BCUT2D eigenvalue weighted by atomic mass is 16.6. The predicted molar refractivity (Wildman–Crippen MR) is 54.7 cm³/mol. The first-order chi connectivity index (χ1) is 6.70. The Balaban J connectivity index is 3.77. The summed E-state index contributed by atoms with van der Waals surface area (Å²) in [6.45, 7) is 1.94. The highest BCUT2D eigenvalue weighted by Crippen LogP contribution is 2.10. The zero-order valence-electron chi connectivity index (χ0n) is 8.52. The molecule has 0 aromatic heterocycles. The van der Waals surface area contributed by atoms with Crippen molar-refractivity contribution in [2.24, 2.45) is 5.92 Å². The SMILES string of the molecule is CC/C=C/CC[C@H](CC=O)C[N+](=O)[O-]. The number of carbonyl (C=O) groups is 1. The van der Waals surface area contributed by atoms with Crippen LogP contribution in [0.4, 0.5) is 0 Å². The van der Waals surface area contributed by atoms with Crippen LogP contribution in [0.15, 0.2) is 12.2 Å². The predicted octanol–water partition coefficient (Wildman–Crippen LogP) is 2.21. The minimum Gasteiger partial charge on any atom is -0.303 e. The zero-order valence-corrected chi connectivity index (χ0v) is 8.52. The van der Waals surface area contributed by atoms with Crippen molar-refractivity contribution in [3.05, 3.63) is 22.3 Å². The van der Waals surface area contributed by atoms with E-state index in [-0.39, 0.29) is 17.4 Å². The van der Waals surface area contributed by atoms with Crippen LogP contribution in [0.5, 0.6) is 0 Å². The Hall–Kier alpha value is -1.19. The van der Waals surface area contributed by atoms with Gasteiger partial charge in [-0.1, -0.05) is 19.1 Å². The molecule has 0 aliphatic carbocycles. The Morgan fingerprint density at radius 3 is 2.64 bits per heavy atom. The van der Waals surface area contributed by atoms with Gasteiger partial charge in [-0.15, -0.1) is 0 Å². The number of hydrogen-bond donors (Lipinski definition) is 0. The minimum absolute atomic E-state index is 0.0985. The molecular formula is C10H17NO3. The quantitative estimate of drug-likeness (QED) is 0.260. The third-order valence-electron chi connectivity index (χ3n) is 1.98. The van der Waals surface area contributed by atoms with Crippen molar-refractivity contribution in [2.75, 3.05) is 6.54 Å². The van der Waals surface area contributed by atoms with E-state index in [2.05, 4.69) is 0 Å². The van der Waals surface area contributed by atoms with Crippen LogP contribution >= 0.6 is 0 Å². The second-order valence-electron chi connectivity index (χ2n) is 3.24. The van der Waals surface area contributed by atoms with E-state index < -0.39 is 0 Å². The third kappa shape index (κ3) is 7.46. The van der Waals surface area contributed by atoms with Crippen LogP contribution in [0, 0.1) is 16.0 Å². The van der Waals surface area contributed by atoms with Crippen LogP contribution in [0.2, 0.25) is 0 Å². The summed E-state index contributed by atoms with van der Waals surface area (Å²) in [7, 11) is 0. The molecule has 0 radical (unpaired) electrons. The Kier molecular flexibility index (Phi) is 7.70. The fourth-order valence-electron chi connectivity index (χ4n) is 1.25. The molecule has 80 valence electrons. The monoisotopic (exact) mass is 199 g/mol. The number of allylic oxidation sites excluding steroid dienone is 2. The van der Waals surface area contributed by atoms with Crippen molar-refractivity contribution in [3.8, 4) is 0 Å². The number of nitro groups is 1. The molecule has 1 atom stereocenters. The second-order valence-corrected chi connectivity index (χ2v) is 3.24. The second kappa shape index (κ2) is 8.41. The lowest BCUT2D eigenvalue weighted by molar-refractivity contribution is -0.488. The molecule has 0 heterocycles. The minimum atomic E-state index is -0.350. The number of rotatable bonds is 8. The molecule has 0 unspecified atom stereocenters. The van der Waals surface area contributed by atoms with Gasteiger partial charge in [-0.2, -0.15) is 0 Å². The molecule has 0 aromatic carbocycles. The topological polar surface area (TPSA) is 60.2 Å². The lowest BCUT2D eigenvalue weighted by atomic mass is 10.0. The Labute approximate surface area is 84.1 Å². The van der Waals surface area contributed by atoms with E-state index in [1.807, 2.05) is 19.1 Å². The lowest BCUT2D eigenvalue weighted by Gasteiger charge is -2.06. The van der Waals surface area contributed by atoms with E-state index in [1.165, 1.54) is 0 Å². The molecule has 0 aliphatic heterocycles. The molecule has 0 bridgehead atoms. The van der Waals surface area contributed by atoms with Crippen LogP contribution in [-0.2, 0) is 4.79 Å². The number of aldehydes is 1. The van der Waals surface area contributed by atoms with Gasteiger partial charge in [-0.25, -0.2) is 0 Å². The van der Waals surface area contributed by atoms with Gasteiger partial charge in [0.15, 0.2) is 0 Å². The maximum Gasteiger partial charge on any atom is 0.207 e. The normalized spacial score (nSPS) is 12.9. The van der Waals surface area contributed by atoms with Gasteiger partial charge in [0, 0.05) is 17.3 Å². The van der Waals surface area contributed by atoms with E-state index in [0.717, 1.165) is 25.5 Å². The summed E-state index contributed by atoms with van der Waals surface area (Å²) in [5.74, 6) is -0.107. The van der Waals surface area contributed by atoms with E-state index in [0.29, 0.717) is 6.42 Å². The Morgan fingerprint density at radius 2 is 2.14 bits per heavy atom. The molecule has 0 saturated heterocycles. The maximum absolute atomic E-state index is 10.2. The number of carbonyl (C=O) groups excluding carboxylic acids is 1. The zero-order chi connectivity index (χ0) is 10.8. The number of hydrogen-bond acceptors (Lipinski definition) is 3. The summed E-state index contributed by atoms with van der Waals surface area (Å²) in [4.78, 5) is 20.1. The van der Waals surface area contributed by atoms with Gasteiger partial charge >= 0.3 is 0 Å². The Bertz CT molecular complexity index is 202. The van der Waals surface area contributed by atoms with Crippen LogP contribution in [0.25, 0.3) is 0 Å². The summed E-state index contributed by atoms with van der Waals surface area (Å²) < 4.78 is 0. The van der Waals surface area contributed by atoms with Crippen molar-refractivity contribution in [1.82, 2.24) is 0 Å². The fourth-order valence-corrected chi connectivity index (χ4v) is 1.25. The van der Waals surface area contributed by atoms with Crippen LogP contribution in [-0.4, -0.2) is 17.8 Å². The molecule has 4 heteroatoms. The van der Waals surface area contributed by atoms with Gasteiger partial charge in [0.2, 0.25) is 6.54 Å². The molecule has 0 N–H and O–H groups in total. The summed E-state index contributed by atoms with van der Waals surface area (Å²) in [6.07, 6.45) is 7.62. The summed E-state index contributed by atoms with van der Waals surface area (Å²) >= 11 is 0. The van der Waals surface area contributed by atoms with Crippen molar-refractivity contribution >= 4 is 6.29 Å². The van der Waals surface area contributed by atoms with Crippen molar-refractivity contribution < 1.29 is 9.72 Å². The van der Waals surface area contributed by atoms with Crippen LogP contribution in [0.1, 0.15) is 32.6 Å². The largest absolute Gasteiger partial charge is 0.303 e. The maximum atomic E-state index is 10.2. The van der Waals surface area contributed by atoms with Crippen molar-refractivity contribution in [2.45, 2.75) is 32.6 Å². The van der Waals surface area contributed by atoms with Gasteiger partial charge < -0.3 is 4.79 Å². The van der Waals surface area contributed by atoms with Gasteiger partial charge in [-0.05, 0) is 19.3 Å². The Morgan fingerprint density at radius 1 is 1.43 bits per heavy atom. The van der Waals surface area contributed by atoms with Crippen molar-refractivity contribution in [3.63, 3.8) is 0 Å². The number of nitrogens with zero attached hydrogens (tertiary/aromatic N) is 1. The molecular weight excluding hydrogens is 182 g/mol. The van der Waals surface area contributed by atoms with E-state index in [9.17, 15) is 14.9 Å². The molecule has 0 aromatic rings. The molecule has 0 aliphatic rings. The standard InChI is InChI=1S/C10H17NO3/c1-2-3-4-5-6-10(7-8-12)9-11(13)14/h3-4,8,10H,2,5-7,9H2,1H3/b4-3+/t10-/m1/s1. The molecule has 4 nitrogen and oxygen atoms in total. The smallest absolute Gasteiger partial charge is 0.207 e. The van der Waals surface area contributed by atoms with Crippen LogP contribution < -0.4 is 0 Å². The van der Waals surface area contributed by atoms with E-state index in [4.69, 9.17) is 0 Å². The van der Waals surface area contributed by atoms with Crippen molar-refractivity contribution in [1.29, 1.82) is 0 Å². The average molecular weight is 199 g/mol. The highest BCUT2D eigenvalue weighted by molar-refractivity contribution is 5.49. The lowest BCUT2D eigenvalue weighted by Crippen LogP contribution is -2.14. The highest BCUT2D eigenvalue weighted by Gasteiger charge is 2.13. The molecule has 14 heavy (non-hydrogen) atoms. The van der Waals surface area contributed by atoms with Crippen LogP contribution in [0.3, 0.4) is 0 Å². The van der Waals surface area contributed by atoms with Gasteiger partial charge in [0.25, 0.3) is 0 Å². The van der Waals surface area contributed by atoms with E-state index in [1.54, 1.807) is 0 Å². The van der Waals surface area contributed by atoms with Gasteiger partial charge in [0.05, 0.1) is 0 Å². The first-order valence-corrected chi connectivity index (χ1v) is 4.91. The molecule has 0 amide bonds. The first-order valence-electron chi connectivity index (χ1n) is 4.91.